The molecule has 0 radical (unpaired) electrons. The molecule has 2 atom stereocenters. The van der Waals surface area contributed by atoms with Crippen LogP contribution in [0.2, 0.25) is 0 Å². The van der Waals surface area contributed by atoms with Crippen LogP contribution in [0.5, 0.6) is 0 Å². The molecule has 0 aliphatic heterocycles. The first-order chi connectivity index (χ1) is 9.43. The van der Waals surface area contributed by atoms with Crippen LogP contribution in [0.15, 0.2) is 18.2 Å². The molecule has 0 amide bonds. The molecule has 0 heterocycles. The molecule has 1 saturated carbocycles. The Kier molecular flexibility index (Phi) is 4.00. The van der Waals surface area contributed by atoms with E-state index in [2.05, 4.69) is 32.2 Å². The summed E-state index contributed by atoms with van der Waals surface area (Å²) >= 11 is 0. The zero-order chi connectivity index (χ0) is 14.8. The van der Waals surface area contributed by atoms with Gasteiger partial charge >= 0.3 is 0 Å². The number of hydrogen-bond acceptors (Lipinski definition) is 3. The van der Waals surface area contributed by atoms with Gasteiger partial charge in [0.2, 0.25) is 0 Å². The second-order valence-electron chi connectivity index (χ2n) is 6.74. The number of nitrogens with one attached hydrogen (secondary N) is 1. The van der Waals surface area contributed by atoms with Crippen molar-refractivity contribution in [2.75, 3.05) is 5.32 Å². The van der Waals surface area contributed by atoms with Gasteiger partial charge < -0.3 is 5.32 Å². The van der Waals surface area contributed by atoms with Gasteiger partial charge in [-0.3, -0.25) is 0 Å². The van der Waals surface area contributed by atoms with E-state index >= 15 is 0 Å². The van der Waals surface area contributed by atoms with Crippen LogP contribution in [-0.2, 0) is 0 Å². The molecule has 1 fully saturated rings. The van der Waals surface area contributed by atoms with Crippen molar-refractivity contribution < 1.29 is 0 Å². The molecule has 1 aromatic carbocycles. The minimum atomic E-state index is 0.361. The van der Waals surface area contributed by atoms with Crippen LogP contribution in [0.3, 0.4) is 0 Å². The topological polar surface area (TPSA) is 59.6 Å². The van der Waals surface area contributed by atoms with Crippen molar-refractivity contribution in [3.05, 3.63) is 29.3 Å². The first-order valence-electron chi connectivity index (χ1n) is 7.14. The quantitative estimate of drug-likeness (QED) is 0.879. The van der Waals surface area contributed by atoms with Crippen LogP contribution < -0.4 is 5.32 Å². The smallest absolute Gasteiger partial charge is 0.101 e. The summed E-state index contributed by atoms with van der Waals surface area (Å²) in [6.07, 6.45) is 3.56. The Labute approximate surface area is 121 Å². The third-order valence-electron chi connectivity index (χ3n) is 4.02. The second-order valence-corrected chi connectivity index (χ2v) is 6.74. The third-order valence-corrected chi connectivity index (χ3v) is 4.02. The maximum Gasteiger partial charge on any atom is 0.101 e. The molecule has 104 valence electrons. The maximum atomic E-state index is 9.08. The van der Waals surface area contributed by atoms with Crippen molar-refractivity contribution in [2.24, 2.45) is 11.3 Å². The molecule has 1 N–H and O–H groups in total. The molecule has 0 bridgehead atoms. The Morgan fingerprint density at radius 2 is 1.85 bits per heavy atom. The van der Waals surface area contributed by atoms with Crippen molar-refractivity contribution in [3.63, 3.8) is 0 Å². The molecule has 0 aromatic heterocycles. The Bertz CT molecular complexity index is 575. The molecule has 1 aliphatic carbocycles. The summed E-state index contributed by atoms with van der Waals surface area (Å²) < 4.78 is 0. The second kappa shape index (κ2) is 5.55. The lowest BCUT2D eigenvalue weighted by atomic mass is 9.70. The SMILES string of the molecule is CC1CC(Nc2ccc(C#N)c(C#N)c2)CC(C)(C)C1. The van der Waals surface area contributed by atoms with E-state index in [0.717, 1.165) is 18.5 Å². The molecule has 3 heteroatoms. The van der Waals surface area contributed by atoms with Gasteiger partial charge in [0.1, 0.15) is 12.1 Å². The number of hydrogen-bond donors (Lipinski definition) is 1. The zero-order valence-electron chi connectivity index (χ0n) is 12.4. The minimum absolute atomic E-state index is 0.361. The van der Waals surface area contributed by atoms with Crippen LogP contribution in [0.4, 0.5) is 5.69 Å². The summed E-state index contributed by atoms with van der Waals surface area (Å²) in [5.41, 5.74) is 2.19. The van der Waals surface area contributed by atoms with E-state index in [9.17, 15) is 0 Å². The van der Waals surface area contributed by atoms with E-state index in [1.54, 1.807) is 12.1 Å². The Morgan fingerprint density at radius 1 is 1.15 bits per heavy atom. The van der Waals surface area contributed by atoms with Gasteiger partial charge in [0.15, 0.2) is 0 Å². The maximum absolute atomic E-state index is 9.08. The lowest BCUT2D eigenvalue weighted by Crippen LogP contribution is -2.35. The van der Waals surface area contributed by atoms with Crippen LogP contribution in [0.1, 0.15) is 51.2 Å². The van der Waals surface area contributed by atoms with Crippen molar-refractivity contribution >= 4 is 5.69 Å². The summed E-state index contributed by atoms with van der Waals surface area (Å²) in [4.78, 5) is 0. The van der Waals surface area contributed by atoms with Crippen molar-refractivity contribution in [2.45, 2.75) is 46.1 Å². The highest BCUT2D eigenvalue weighted by molar-refractivity contribution is 5.56. The molecular formula is C17H21N3. The summed E-state index contributed by atoms with van der Waals surface area (Å²) in [6.45, 7) is 6.93. The van der Waals surface area contributed by atoms with Crippen LogP contribution in [0.25, 0.3) is 0 Å². The van der Waals surface area contributed by atoms with E-state index in [4.69, 9.17) is 10.5 Å². The number of benzene rings is 1. The Balaban J connectivity index is 2.15. The van der Waals surface area contributed by atoms with Gasteiger partial charge in [-0.1, -0.05) is 20.8 Å². The van der Waals surface area contributed by atoms with Gasteiger partial charge in [0.05, 0.1) is 11.1 Å². The highest BCUT2D eigenvalue weighted by Gasteiger charge is 2.31. The minimum Gasteiger partial charge on any atom is -0.382 e. The highest BCUT2D eigenvalue weighted by atomic mass is 14.9. The van der Waals surface area contributed by atoms with E-state index in [1.165, 1.54) is 6.42 Å². The van der Waals surface area contributed by atoms with Crippen molar-refractivity contribution in [1.82, 2.24) is 0 Å². The van der Waals surface area contributed by atoms with Gasteiger partial charge in [0.25, 0.3) is 0 Å². The van der Waals surface area contributed by atoms with E-state index in [-0.39, 0.29) is 0 Å². The Hall–Kier alpha value is -2.00. The first kappa shape index (κ1) is 14.4. The number of anilines is 1. The average molecular weight is 267 g/mol. The third kappa shape index (κ3) is 3.31. The van der Waals surface area contributed by atoms with E-state index in [0.29, 0.717) is 28.5 Å². The summed E-state index contributed by atoms with van der Waals surface area (Å²) in [5.74, 6) is 0.713. The molecule has 20 heavy (non-hydrogen) atoms. The number of rotatable bonds is 2. The fraction of sp³-hybridized carbons (Fsp3) is 0.529. The van der Waals surface area contributed by atoms with Gasteiger partial charge in [-0.05, 0) is 48.8 Å². The van der Waals surface area contributed by atoms with Crippen LogP contribution in [0, 0.1) is 34.0 Å². The van der Waals surface area contributed by atoms with Crippen LogP contribution >= 0.6 is 0 Å². The van der Waals surface area contributed by atoms with Gasteiger partial charge in [0, 0.05) is 11.7 Å². The molecule has 1 aliphatic rings. The number of nitrogens with zero attached hydrogens (tertiary/aromatic N) is 2. The molecule has 2 rings (SSSR count). The zero-order valence-corrected chi connectivity index (χ0v) is 12.4. The molecule has 0 saturated heterocycles. The molecule has 3 nitrogen and oxygen atoms in total. The average Bonchev–Trinajstić information content (AvgIpc) is 2.36. The monoisotopic (exact) mass is 267 g/mol. The van der Waals surface area contributed by atoms with Crippen LogP contribution in [-0.4, -0.2) is 6.04 Å². The molecular weight excluding hydrogens is 246 g/mol. The van der Waals surface area contributed by atoms with E-state index in [1.807, 2.05) is 12.1 Å². The standard InChI is InChI=1S/C17H21N3/c1-12-6-16(9-17(2,3)8-12)20-15-5-4-13(10-18)14(7-15)11-19/h4-5,7,12,16,20H,6,8-9H2,1-3H3. The first-order valence-corrected chi connectivity index (χ1v) is 7.14. The Morgan fingerprint density at radius 3 is 2.45 bits per heavy atom. The molecule has 0 spiro atoms. The number of nitriles is 2. The predicted molar refractivity (Wildman–Crippen MR) is 80.1 cm³/mol. The highest BCUT2D eigenvalue weighted by Crippen LogP contribution is 2.39. The summed E-state index contributed by atoms with van der Waals surface area (Å²) in [5, 5.41) is 21.6. The fourth-order valence-corrected chi connectivity index (χ4v) is 3.52. The summed E-state index contributed by atoms with van der Waals surface area (Å²) in [6, 6.07) is 9.97. The fourth-order valence-electron chi connectivity index (χ4n) is 3.52. The normalized spacial score (nSPS) is 24.4. The lowest BCUT2D eigenvalue weighted by molar-refractivity contribution is 0.178. The van der Waals surface area contributed by atoms with Gasteiger partial charge in [-0.15, -0.1) is 0 Å². The lowest BCUT2D eigenvalue weighted by Gasteiger charge is -2.39. The predicted octanol–water partition coefficient (Wildman–Crippen LogP) is 4.06. The molecule has 2 unspecified atom stereocenters. The van der Waals surface area contributed by atoms with Crippen molar-refractivity contribution in [3.8, 4) is 12.1 Å². The molecule has 1 aromatic rings. The van der Waals surface area contributed by atoms with Crippen molar-refractivity contribution in [1.29, 1.82) is 10.5 Å². The van der Waals surface area contributed by atoms with Gasteiger partial charge in [-0.2, -0.15) is 10.5 Å². The summed E-state index contributed by atoms with van der Waals surface area (Å²) in [7, 11) is 0. The largest absolute Gasteiger partial charge is 0.382 e. The van der Waals surface area contributed by atoms with Gasteiger partial charge in [-0.25, -0.2) is 0 Å². The van der Waals surface area contributed by atoms with E-state index < -0.39 is 0 Å².